The van der Waals surface area contributed by atoms with E-state index in [0.717, 1.165) is 25.1 Å². The number of fused-ring (bicyclic) bond motifs is 1. The van der Waals surface area contributed by atoms with Crippen LogP contribution in [0.15, 0.2) is 18.2 Å². The third-order valence-electron chi connectivity index (χ3n) is 4.30. The molecule has 102 valence electrons. The average Bonchev–Trinajstić information content (AvgIpc) is 2.86. The van der Waals surface area contributed by atoms with Gasteiger partial charge in [0.1, 0.15) is 0 Å². The van der Waals surface area contributed by atoms with Gasteiger partial charge in [-0.05, 0) is 49.9 Å². The van der Waals surface area contributed by atoms with E-state index in [2.05, 4.69) is 17.1 Å². The lowest BCUT2D eigenvalue weighted by Crippen LogP contribution is -2.42. The second kappa shape index (κ2) is 4.80. The highest BCUT2D eigenvalue weighted by Crippen LogP contribution is 2.33. The summed E-state index contributed by atoms with van der Waals surface area (Å²) < 4.78 is 0. The molecule has 0 spiro atoms. The summed E-state index contributed by atoms with van der Waals surface area (Å²) in [7, 11) is 0. The first kappa shape index (κ1) is 12.9. The number of carbonyl (C=O) groups excluding carboxylic acids is 1. The van der Waals surface area contributed by atoms with Gasteiger partial charge in [0.05, 0.1) is 0 Å². The van der Waals surface area contributed by atoms with E-state index in [1.54, 1.807) is 6.07 Å². The monoisotopic (exact) mass is 278 g/mol. The number of halogens is 1. The van der Waals surface area contributed by atoms with Gasteiger partial charge in [-0.15, -0.1) is 0 Å². The number of amides is 1. The summed E-state index contributed by atoms with van der Waals surface area (Å²) in [5.41, 5.74) is 1.74. The van der Waals surface area contributed by atoms with Gasteiger partial charge < -0.3 is 10.2 Å². The van der Waals surface area contributed by atoms with Crippen LogP contribution in [0.1, 0.15) is 29.3 Å². The van der Waals surface area contributed by atoms with E-state index in [4.69, 9.17) is 11.6 Å². The van der Waals surface area contributed by atoms with Gasteiger partial charge in [0.25, 0.3) is 5.91 Å². The molecule has 0 aromatic heterocycles. The van der Waals surface area contributed by atoms with Crippen LogP contribution in [0.25, 0.3) is 0 Å². The van der Waals surface area contributed by atoms with Gasteiger partial charge in [-0.25, -0.2) is 0 Å². The molecule has 2 saturated heterocycles. The highest BCUT2D eigenvalue weighted by molar-refractivity contribution is 6.31. The first-order chi connectivity index (χ1) is 9.06. The molecule has 0 aliphatic carbocycles. The van der Waals surface area contributed by atoms with Crippen LogP contribution in [0, 0.1) is 12.8 Å². The minimum absolute atomic E-state index is 0.120. The molecular formula is C15H19ClN2O. The third kappa shape index (κ3) is 2.26. The zero-order valence-electron chi connectivity index (χ0n) is 11.3. The van der Waals surface area contributed by atoms with Crippen LogP contribution >= 0.6 is 11.6 Å². The molecule has 19 heavy (non-hydrogen) atoms. The molecule has 2 fully saturated rings. The van der Waals surface area contributed by atoms with Crippen LogP contribution in [-0.2, 0) is 0 Å². The SMILES string of the molecule is Cc1cc(Cl)cc(C(=O)N2C(C)CC3CNCC32)c1. The number of aryl methyl sites for hydroxylation is 1. The summed E-state index contributed by atoms with van der Waals surface area (Å²) in [6.07, 6.45) is 1.10. The van der Waals surface area contributed by atoms with E-state index in [-0.39, 0.29) is 5.91 Å². The van der Waals surface area contributed by atoms with Crippen molar-refractivity contribution in [2.45, 2.75) is 32.4 Å². The number of hydrogen-bond acceptors (Lipinski definition) is 2. The normalized spacial score (nSPS) is 29.6. The molecule has 0 saturated carbocycles. The number of benzene rings is 1. The van der Waals surface area contributed by atoms with E-state index in [1.807, 2.05) is 19.1 Å². The van der Waals surface area contributed by atoms with Crippen molar-refractivity contribution in [1.82, 2.24) is 10.2 Å². The minimum atomic E-state index is 0.120. The topological polar surface area (TPSA) is 32.3 Å². The molecule has 4 heteroatoms. The number of hydrogen-bond donors (Lipinski definition) is 1. The minimum Gasteiger partial charge on any atom is -0.331 e. The quantitative estimate of drug-likeness (QED) is 0.856. The highest BCUT2D eigenvalue weighted by Gasteiger charge is 2.44. The highest BCUT2D eigenvalue weighted by atomic mass is 35.5. The number of likely N-dealkylation sites (tertiary alicyclic amines) is 1. The summed E-state index contributed by atoms with van der Waals surface area (Å²) in [6, 6.07) is 6.26. The standard InChI is InChI=1S/C15H19ClN2O/c1-9-3-11(6-13(16)4-9)15(19)18-10(2)5-12-7-17-8-14(12)18/h3-4,6,10,12,14,17H,5,7-8H2,1-2H3. The van der Waals surface area contributed by atoms with Crippen molar-refractivity contribution in [3.8, 4) is 0 Å². The van der Waals surface area contributed by atoms with E-state index < -0.39 is 0 Å². The van der Waals surface area contributed by atoms with Gasteiger partial charge in [-0.1, -0.05) is 11.6 Å². The fourth-order valence-corrected chi connectivity index (χ4v) is 3.81. The van der Waals surface area contributed by atoms with Crippen LogP contribution in [0.3, 0.4) is 0 Å². The van der Waals surface area contributed by atoms with E-state index >= 15 is 0 Å². The predicted molar refractivity (Wildman–Crippen MR) is 76.6 cm³/mol. The maximum absolute atomic E-state index is 12.7. The van der Waals surface area contributed by atoms with Crippen LogP contribution < -0.4 is 5.32 Å². The molecule has 2 heterocycles. The molecule has 3 atom stereocenters. The fourth-order valence-electron chi connectivity index (χ4n) is 3.52. The lowest BCUT2D eigenvalue weighted by Gasteiger charge is -2.28. The lowest BCUT2D eigenvalue weighted by molar-refractivity contribution is 0.0682. The molecular weight excluding hydrogens is 260 g/mol. The maximum Gasteiger partial charge on any atom is 0.254 e. The Balaban J connectivity index is 1.90. The molecule has 2 aliphatic rings. The van der Waals surface area contributed by atoms with Crippen molar-refractivity contribution in [3.05, 3.63) is 34.3 Å². The fraction of sp³-hybridized carbons (Fsp3) is 0.533. The zero-order valence-corrected chi connectivity index (χ0v) is 12.1. The van der Waals surface area contributed by atoms with Crippen molar-refractivity contribution in [3.63, 3.8) is 0 Å². The molecule has 1 amide bonds. The van der Waals surface area contributed by atoms with E-state index in [0.29, 0.717) is 28.6 Å². The van der Waals surface area contributed by atoms with Gasteiger partial charge in [0.2, 0.25) is 0 Å². The summed E-state index contributed by atoms with van der Waals surface area (Å²) in [5.74, 6) is 0.730. The van der Waals surface area contributed by atoms with Crippen LogP contribution in [0.4, 0.5) is 0 Å². The number of nitrogens with one attached hydrogen (secondary N) is 1. The second-order valence-electron chi connectivity index (χ2n) is 5.80. The maximum atomic E-state index is 12.7. The van der Waals surface area contributed by atoms with Crippen molar-refractivity contribution in [1.29, 1.82) is 0 Å². The van der Waals surface area contributed by atoms with E-state index in [1.165, 1.54) is 0 Å². The molecule has 0 bridgehead atoms. The van der Waals surface area contributed by atoms with Gasteiger partial charge >= 0.3 is 0 Å². The Morgan fingerprint density at radius 1 is 1.37 bits per heavy atom. The summed E-state index contributed by atoms with van der Waals surface area (Å²) in [4.78, 5) is 14.8. The molecule has 1 aromatic rings. The molecule has 1 N–H and O–H groups in total. The molecule has 0 radical (unpaired) electrons. The van der Waals surface area contributed by atoms with Crippen molar-refractivity contribution in [2.75, 3.05) is 13.1 Å². The average molecular weight is 279 g/mol. The first-order valence-electron chi connectivity index (χ1n) is 6.87. The van der Waals surface area contributed by atoms with Gasteiger partial charge in [0, 0.05) is 35.8 Å². The Bertz CT molecular complexity index is 497. The molecule has 3 rings (SSSR count). The Kier molecular flexibility index (Phi) is 3.27. The van der Waals surface area contributed by atoms with Crippen molar-refractivity contribution < 1.29 is 4.79 Å². The molecule has 1 aromatic carbocycles. The lowest BCUT2D eigenvalue weighted by atomic mass is 10.0. The first-order valence-corrected chi connectivity index (χ1v) is 7.24. The van der Waals surface area contributed by atoms with Crippen LogP contribution in [0.2, 0.25) is 5.02 Å². The largest absolute Gasteiger partial charge is 0.331 e. The summed E-state index contributed by atoms with van der Waals surface area (Å²) in [5, 5.41) is 4.02. The second-order valence-corrected chi connectivity index (χ2v) is 6.24. The Morgan fingerprint density at radius 2 is 2.16 bits per heavy atom. The summed E-state index contributed by atoms with van der Waals surface area (Å²) in [6.45, 7) is 6.07. The number of carbonyl (C=O) groups is 1. The molecule has 2 aliphatic heterocycles. The Hall–Kier alpha value is -1.06. The van der Waals surface area contributed by atoms with E-state index in [9.17, 15) is 4.79 Å². The van der Waals surface area contributed by atoms with Gasteiger partial charge in [-0.2, -0.15) is 0 Å². The van der Waals surface area contributed by atoms with Crippen LogP contribution in [-0.4, -0.2) is 36.0 Å². The number of rotatable bonds is 1. The molecule has 3 unspecified atom stereocenters. The third-order valence-corrected chi connectivity index (χ3v) is 4.52. The Labute approximate surface area is 118 Å². The Morgan fingerprint density at radius 3 is 2.89 bits per heavy atom. The van der Waals surface area contributed by atoms with Crippen LogP contribution in [0.5, 0.6) is 0 Å². The number of nitrogens with zero attached hydrogens (tertiary/aromatic N) is 1. The summed E-state index contributed by atoms with van der Waals surface area (Å²) >= 11 is 6.07. The zero-order chi connectivity index (χ0) is 13.6. The molecule has 3 nitrogen and oxygen atoms in total. The van der Waals surface area contributed by atoms with Gasteiger partial charge in [-0.3, -0.25) is 4.79 Å². The van der Waals surface area contributed by atoms with Crippen molar-refractivity contribution in [2.24, 2.45) is 5.92 Å². The predicted octanol–water partition coefficient (Wildman–Crippen LogP) is 2.47. The smallest absolute Gasteiger partial charge is 0.254 e. The van der Waals surface area contributed by atoms with Crippen molar-refractivity contribution >= 4 is 17.5 Å². The van der Waals surface area contributed by atoms with Gasteiger partial charge in [0.15, 0.2) is 0 Å².